The van der Waals surface area contributed by atoms with Gasteiger partial charge in [0.2, 0.25) is 0 Å². The monoisotopic (exact) mass is 247 g/mol. The van der Waals surface area contributed by atoms with Crippen molar-refractivity contribution in [3.05, 3.63) is 0 Å². The first-order valence-electron chi connectivity index (χ1n) is 0. The van der Waals surface area contributed by atoms with Crippen molar-refractivity contribution >= 4 is 0 Å². The number of halogens is 2. The Morgan fingerprint density at radius 2 is 0.750 bits per heavy atom. The van der Waals surface area contributed by atoms with E-state index in [0.29, 0.717) is 0 Å². The molecule has 0 heterocycles. The van der Waals surface area contributed by atoms with Gasteiger partial charge in [-0.05, 0) is 0 Å². The molecule has 0 aromatic heterocycles. The second-order valence-electron chi connectivity index (χ2n) is 0. The van der Waals surface area contributed by atoms with Crippen molar-refractivity contribution in [2.24, 2.45) is 0 Å². The first-order chi connectivity index (χ1) is 0. The van der Waals surface area contributed by atoms with Crippen LogP contribution >= 0.6 is 0 Å². The van der Waals surface area contributed by atoms with Crippen LogP contribution in [0.5, 0.6) is 0 Å². The minimum Gasteiger partial charge on any atom is -1.00 e. The minimum atomic E-state index is 0. The van der Waals surface area contributed by atoms with Gasteiger partial charge in [-0.3, -0.25) is 0 Å². The fourth-order valence-corrected chi connectivity index (χ4v) is 0. The van der Waals surface area contributed by atoms with Crippen LogP contribution in [0.2, 0.25) is 0 Å². The summed E-state index contributed by atoms with van der Waals surface area (Å²) >= 11 is 0. The average Bonchev–Trinajstić information content (AvgIpc) is 0. The molecule has 0 unspecified atom stereocenters. The molecule has 0 amide bonds. The molecule has 0 N–H and O–H groups in total. The predicted molar refractivity (Wildman–Crippen MR) is 0 cm³/mol. The summed E-state index contributed by atoms with van der Waals surface area (Å²) in [5, 5.41) is 0. The van der Waals surface area contributed by atoms with E-state index >= 15 is 0 Å². The van der Waals surface area contributed by atoms with Crippen LogP contribution in [0.4, 0.5) is 0 Å². The summed E-state index contributed by atoms with van der Waals surface area (Å²) in [6.45, 7) is 0. The molecule has 0 aromatic carbocycles. The maximum Gasteiger partial charge on any atom is 2.00 e. The van der Waals surface area contributed by atoms with Gasteiger partial charge in [0.05, 0.1) is 0 Å². The van der Waals surface area contributed by atoms with E-state index in [0.717, 1.165) is 0 Å². The Labute approximate surface area is 68.6 Å². The quantitative estimate of drug-likeness (QED) is 0.374. The van der Waals surface area contributed by atoms with Crippen LogP contribution in [-0.2, 0) is 44.4 Å². The smallest absolute Gasteiger partial charge is 1.00 e. The molecule has 0 aromatic rings. The Morgan fingerprint density at radius 3 is 0.750 bits per heavy atom. The van der Waals surface area contributed by atoms with Crippen LogP contribution in [0, 0.1) is 0 Å². The maximum atomic E-state index is 0. The number of hydrogen-bond acceptors (Lipinski definition) is 0. The Balaban J connectivity index is 0. The molecule has 0 spiro atoms. The molecule has 0 bridgehead atoms. The first-order valence-corrected chi connectivity index (χ1v) is 0. The molecule has 0 atom stereocenters. The summed E-state index contributed by atoms with van der Waals surface area (Å²) in [6, 6.07) is 0. The number of hydrogen-bond donors (Lipinski definition) is 0. The topological polar surface area (TPSA) is 0 Å². The zero-order chi connectivity index (χ0) is 0. The van der Waals surface area contributed by atoms with Gasteiger partial charge < -0.3 is 24.8 Å². The predicted octanol–water partition coefficient (Wildman–Crippen LogP) is -6.00. The van der Waals surface area contributed by atoms with E-state index in [-0.39, 0.29) is 69.2 Å². The summed E-state index contributed by atoms with van der Waals surface area (Å²) in [7, 11) is 0. The van der Waals surface area contributed by atoms with Gasteiger partial charge >= 0.3 is 27.3 Å². The standard InChI is InChI=1S/Cd.2ClH.Cu/h;2*1H;/q+2;;;/p-2. The van der Waals surface area contributed by atoms with Crippen molar-refractivity contribution in [1.82, 2.24) is 0 Å². The number of rotatable bonds is 0. The van der Waals surface area contributed by atoms with Gasteiger partial charge in [0.15, 0.2) is 0 Å². The van der Waals surface area contributed by atoms with E-state index in [1.54, 1.807) is 0 Å². The summed E-state index contributed by atoms with van der Waals surface area (Å²) in [4.78, 5) is 0. The van der Waals surface area contributed by atoms with Crippen molar-refractivity contribution in [1.29, 1.82) is 0 Å². The van der Waals surface area contributed by atoms with Crippen LogP contribution in [0.25, 0.3) is 0 Å². The van der Waals surface area contributed by atoms with Crippen molar-refractivity contribution < 1.29 is 69.2 Å². The van der Waals surface area contributed by atoms with E-state index < -0.39 is 0 Å². The fraction of sp³-hybridized carbons (Fsp3) is 0. The van der Waals surface area contributed by atoms with Crippen molar-refractivity contribution in [3.8, 4) is 0 Å². The third-order valence-electron chi connectivity index (χ3n) is 0. The zero-order valence-corrected chi connectivity index (χ0v) is 8.25. The molecule has 0 aliphatic rings. The normalized spacial score (nSPS) is 0. The van der Waals surface area contributed by atoms with Gasteiger partial charge in [-0.2, -0.15) is 0 Å². The van der Waals surface area contributed by atoms with Crippen LogP contribution in [0.15, 0.2) is 0 Å². The summed E-state index contributed by atoms with van der Waals surface area (Å²) < 4.78 is 0. The average molecular weight is 247 g/mol. The molecule has 0 aliphatic heterocycles. The molecule has 0 rings (SSSR count). The van der Waals surface area contributed by atoms with E-state index in [1.165, 1.54) is 0 Å². The van der Waals surface area contributed by atoms with E-state index in [9.17, 15) is 0 Å². The van der Waals surface area contributed by atoms with Gasteiger partial charge in [0, 0.05) is 17.1 Å². The van der Waals surface area contributed by atoms with Crippen molar-refractivity contribution in [3.63, 3.8) is 0 Å². The zero-order valence-electron chi connectivity index (χ0n) is 1.76. The SMILES string of the molecule is [Cd+2].[Cl-].[Cl-].[Cu]. The third kappa shape index (κ3) is 8.98. The third-order valence-corrected chi connectivity index (χ3v) is 0. The molecule has 0 nitrogen and oxygen atoms in total. The van der Waals surface area contributed by atoms with Gasteiger partial charge in [-0.25, -0.2) is 0 Å². The second kappa shape index (κ2) is 19.9. The Kier molecular flexibility index (Phi) is 185. The van der Waals surface area contributed by atoms with E-state index in [4.69, 9.17) is 0 Å². The minimum absolute atomic E-state index is 0. The Bertz CT molecular complexity index is 6.00. The summed E-state index contributed by atoms with van der Waals surface area (Å²) in [5.41, 5.74) is 0. The fourth-order valence-electron chi connectivity index (χ4n) is 0. The van der Waals surface area contributed by atoms with Crippen LogP contribution < -0.4 is 24.8 Å². The Morgan fingerprint density at radius 1 is 0.750 bits per heavy atom. The molecular weight excluding hydrogens is 247 g/mol. The molecule has 0 saturated carbocycles. The van der Waals surface area contributed by atoms with Crippen molar-refractivity contribution in [2.45, 2.75) is 0 Å². The molecule has 27 valence electrons. The van der Waals surface area contributed by atoms with Crippen LogP contribution in [0.1, 0.15) is 0 Å². The Hall–Kier alpha value is 2.02. The van der Waals surface area contributed by atoms with Crippen LogP contribution in [-0.4, -0.2) is 0 Å². The first kappa shape index (κ1) is 37.2. The van der Waals surface area contributed by atoms with Crippen LogP contribution in [0.3, 0.4) is 0 Å². The molecule has 4 heavy (non-hydrogen) atoms. The molecule has 1 radical (unpaired) electrons. The van der Waals surface area contributed by atoms with Gasteiger partial charge in [-0.1, -0.05) is 0 Å². The summed E-state index contributed by atoms with van der Waals surface area (Å²) in [5.74, 6) is 0. The largest absolute Gasteiger partial charge is 2.00 e. The van der Waals surface area contributed by atoms with Gasteiger partial charge in [-0.15, -0.1) is 0 Å². The molecular formula is CdCl2Cu. The van der Waals surface area contributed by atoms with Gasteiger partial charge in [0.1, 0.15) is 0 Å². The maximum absolute atomic E-state index is 0. The van der Waals surface area contributed by atoms with E-state index in [2.05, 4.69) is 0 Å². The summed E-state index contributed by atoms with van der Waals surface area (Å²) in [6.07, 6.45) is 0. The molecule has 0 aliphatic carbocycles. The van der Waals surface area contributed by atoms with E-state index in [1.807, 2.05) is 0 Å². The van der Waals surface area contributed by atoms with Crippen molar-refractivity contribution in [2.75, 3.05) is 0 Å². The molecule has 4 heteroatoms. The molecule has 0 fully saturated rings. The van der Waals surface area contributed by atoms with Gasteiger partial charge in [0.25, 0.3) is 0 Å². The molecule has 0 saturated heterocycles. The second-order valence-corrected chi connectivity index (χ2v) is 0.